The number of thioether (sulfide) groups is 1. The minimum Gasteiger partial charge on any atom is -0.335 e. The first-order valence-electron chi connectivity index (χ1n) is 8.16. The number of para-hydroxylation sites is 1. The molecular formula is C18H17Cl2N5OS. The number of nitrogens with zero attached hydrogens (tertiary/aromatic N) is 3. The molecule has 2 aromatic carbocycles. The Hall–Kier alpha value is -2.22. The Balaban J connectivity index is 1.68. The quantitative estimate of drug-likeness (QED) is 0.458. The van der Waals surface area contributed by atoms with E-state index >= 15 is 0 Å². The molecule has 6 nitrogen and oxygen atoms in total. The molecule has 140 valence electrons. The molecule has 3 rings (SSSR count). The number of benzene rings is 2. The average Bonchev–Trinajstić information content (AvgIpc) is 3.01. The van der Waals surface area contributed by atoms with Crippen LogP contribution in [-0.4, -0.2) is 26.5 Å². The molecule has 0 spiro atoms. The van der Waals surface area contributed by atoms with Crippen LogP contribution in [0.5, 0.6) is 0 Å². The zero-order chi connectivity index (χ0) is 19.4. The molecule has 0 aliphatic rings. The van der Waals surface area contributed by atoms with E-state index in [0.29, 0.717) is 26.6 Å². The molecule has 0 aliphatic heterocycles. The molecular weight excluding hydrogens is 405 g/mol. The lowest BCUT2D eigenvalue weighted by Crippen LogP contribution is -2.17. The van der Waals surface area contributed by atoms with Gasteiger partial charge < -0.3 is 11.2 Å². The summed E-state index contributed by atoms with van der Waals surface area (Å²) in [6.07, 6.45) is 0.839. The van der Waals surface area contributed by atoms with Crippen LogP contribution < -0.4 is 11.2 Å². The summed E-state index contributed by atoms with van der Waals surface area (Å²) in [6.45, 7) is 2.04. The minimum atomic E-state index is -0.144. The van der Waals surface area contributed by atoms with E-state index in [9.17, 15) is 4.79 Å². The first-order valence-corrected chi connectivity index (χ1v) is 9.90. The van der Waals surface area contributed by atoms with Crippen LogP contribution in [0.1, 0.15) is 12.5 Å². The van der Waals surface area contributed by atoms with Crippen LogP contribution >= 0.6 is 35.0 Å². The molecule has 27 heavy (non-hydrogen) atoms. The molecule has 1 heterocycles. The van der Waals surface area contributed by atoms with Gasteiger partial charge >= 0.3 is 0 Å². The number of amides is 1. The minimum absolute atomic E-state index is 0.144. The van der Waals surface area contributed by atoms with Gasteiger partial charge in [0.1, 0.15) is 0 Å². The van der Waals surface area contributed by atoms with Crippen LogP contribution in [0.4, 0.5) is 5.69 Å². The number of carbonyl (C=O) groups is 1. The summed E-state index contributed by atoms with van der Waals surface area (Å²) in [5, 5.41) is 12.4. The van der Waals surface area contributed by atoms with Gasteiger partial charge in [-0.2, -0.15) is 0 Å². The smallest absolute Gasteiger partial charge is 0.234 e. The summed E-state index contributed by atoms with van der Waals surface area (Å²) in [4.78, 5) is 12.3. The van der Waals surface area contributed by atoms with Crippen LogP contribution in [0, 0.1) is 0 Å². The van der Waals surface area contributed by atoms with Crippen LogP contribution in [-0.2, 0) is 11.2 Å². The number of nitrogen functional groups attached to an aromatic ring is 1. The van der Waals surface area contributed by atoms with E-state index < -0.39 is 0 Å². The van der Waals surface area contributed by atoms with Gasteiger partial charge in [0.05, 0.1) is 10.8 Å². The number of carbonyl (C=O) groups excluding carboxylic acids is 1. The first-order chi connectivity index (χ1) is 13.0. The molecule has 1 aromatic heterocycles. The molecule has 3 aromatic rings. The van der Waals surface area contributed by atoms with E-state index in [4.69, 9.17) is 29.0 Å². The summed E-state index contributed by atoms with van der Waals surface area (Å²) >= 11 is 13.3. The zero-order valence-electron chi connectivity index (χ0n) is 14.4. The molecule has 0 aliphatic carbocycles. The number of halogens is 2. The van der Waals surface area contributed by atoms with Crippen molar-refractivity contribution in [1.82, 2.24) is 14.9 Å². The van der Waals surface area contributed by atoms with Gasteiger partial charge in [-0.05, 0) is 36.2 Å². The molecule has 0 unspecified atom stereocenters. The Morgan fingerprint density at radius 1 is 1.22 bits per heavy atom. The highest BCUT2D eigenvalue weighted by Gasteiger charge is 2.16. The second-order valence-electron chi connectivity index (χ2n) is 5.65. The highest BCUT2D eigenvalue weighted by atomic mass is 35.5. The number of anilines is 1. The van der Waals surface area contributed by atoms with Crippen molar-refractivity contribution in [3.05, 3.63) is 58.1 Å². The van der Waals surface area contributed by atoms with Gasteiger partial charge in [0.2, 0.25) is 11.1 Å². The Bertz CT molecular complexity index is 976. The predicted molar refractivity (Wildman–Crippen MR) is 111 cm³/mol. The molecule has 0 radical (unpaired) electrons. The molecule has 3 N–H and O–H groups in total. The number of nitrogens with two attached hydrogens (primary N) is 1. The fourth-order valence-corrected chi connectivity index (χ4v) is 3.65. The Morgan fingerprint density at radius 3 is 2.74 bits per heavy atom. The van der Waals surface area contributed by atoms with Gasteiger partial charge in [-0.15, -0.1) is 10.2 Å². The maximum atomic E-state index is 12.3. The van der Waals surface area contributed by atoms with E-state index in [0.717, 1.165) is 17.7 Å². The maximum absolute atomic E-state index is 12.3. The van der Waals surface area contributed by atoms with Crippen molar-refractivity contribution in [1.29, 1.82) is 0 Å². The van der Waals surface area contributed by atoms with Crippen LogP contribution in [0.2, 0.25) is 10.0 Å². The van der Waals surface area contributed by atoms with Crippen LogP contribution in [0.25, 0.3) is 11.4 Å². The SMILES string of the molecule is CCc1ccccc1NC(=O)CSc1nnc(-c2ccc(Cl)cc2Cl)n1N. The van der Waals surface area contributed by atoms with Gasteiger partial charge in [-0.1, -0.05) is 60.1 Å². The summed E-state index contributed by atoms with van der Waals surface area (Å²) in [6, 6.07) is 12.7. The van der Waals surface area contributed by atoms with Crippen molar-refractivity contribution in [3.8, 4) is 11.4 Å². The molecule has 0 fully saturated rings. The van der Waals surface area contributed by atoms with Gasteiger partial charge in [0, 0.05) is 16.3 Å². The van der Waals surface area contributed by atoms with E-state index in [2.05, 4.69) is 15.5 Å². The van der Waals surface area contributed by atoms with Crippen molar-refractivity contribution in [2.75, 3.05) is 16.9 Å². The number of hydrogen-bond acceptors (Lipinski definition) is 5. The van der Waals surface area contributed by atoms with E-state index in [-0.39, 0.29) is 11.7 Å². The molecule has 0 bridgehead atoms. The Labute approximate surface area is 171 Å². The highest BCUT2D eigenvalue weighted by molar-refractivity contribution is 7.99. The molecule has 0 saturated carbocycles. The standard InChI is InChI=1S/C18H17Cl2N5OS/c1-2-11-5-3-4-6-15(11)22-16(26)10-27-18-24-23-17(25(18)21)13-8-7-12(19)9-14(13)20/h3-9H,2,10,21H2,1H3,(H,22,26). The van der Waals surface area contributed by atoms with Crippen molar-refractivity contribution in [3.63, 3.8) is 0 Å². The fourth-order valence-electron chi connectivity index (χ4n) is 2.50. The summed E-state index contributed by atoms with van der Waals surface area (Å²) in [5.41, 5.74) is 2.51. The van der Waals surface area contributed by atoms with E-state index in [1.54, 1.807) is 18.2 Å². The zero-order valence-corrected chi connectivity index (χ0v) is 16.8. The second kappa shape index (κ2) is 8.65. The number of aromatic nitrogens is 3. The maximum Gasteiger partial charge on any atom is 0.234 e. The van der Waals surface area contributed by atoms with Gasteiger partial charge in [0.15, 0.2) is 5.82 Å². The Kier molecular flexibility index (Phi) is 6.26. The van der Waals surface area contributed by atoms with Crippen molar-refractivity contribution in [2.45, 2.75) is 18.5 Å². The topological polar surface area (TPSA) is 85.8 Å². The highest BCUT2D eigenvalue weighted by Crippen LogP contribution is 2.30. The van der Waals surface area contributed by atoms with E-state index in [1.165, 1.54) is 16.4 Å². The van der Waals surface area contributed by atoms with Crippen molar-refractivity contribution < 1.29 is 4.79 Å². The third-order valence-corrected chi connectivity index (χ3v) is 5.33. The van der Waals surface area contributed by atoms with Crippen LogP contribution in [0.3, 0.4) is 0 Å². The monoisotopic (exact) mass is 421 g/mol. The first kappa shape index (κ1) is 19.5. The average molecular weight is 422 g/mol. The van der Waals surface area contributed by atoms with Crippen molar-refractivity contribution in [2.24, 2.45) is 0 Å². The summed E-state index contributed by atoms with van der Waals surface area (Å²) < 4.78 is 1.31. The lowest BCUT2D eigenvalue weighted by Gasteiger charge is -2.09. The predicted octanol–water partition coefficient (Wildman–Crippen LogP) is 4.26. The van der Waals surface area contributed by atoms with Gasteiger partial charge in [-0.3, -0.25) is 4.79 Å². The summed E-state index contributed by atoms with van der Waals surface area (Å²) in [5.74, 6) is 6.48. The van der Waals surface area contributed by atoms with Crippen LogP contribution in [0.15, 0.2) is 47.6 Å². The normalized spacial score (nSPS) is 10.8. The fraction of sp³-hybridized carbons (Fsp3) is 0.167. The van der Waals surface area contributed by atoms with Gasteiger partial charge in [-0.25, -0.2) is 4.68 Å². The third-order valence-electron chi connectivity index (χ3n) is 3.84. The molecule has 9 heteroatoms. The Morgan fingerprint density at radius 2 is 2.00 bits per heavy atom. The van der Waals surface area contributed by atoms with Crippen molar-refractivity contribution >= 4 is 46.6 Å². The number of nitrogens with one attached hydrogen (secondary N) is 1. The summed E-state index contributed by atoms with van der Waals surface area (Å²) in [7, 11) is 0. The molecule has 0 atom stereocenters. The van der Waals surface area contributed by atoms with E-state index in [1.807, 2.05) is 31.2 Å². The lowest BCUT2D eigenvalue weighted by molar-refractivity contribution is -0.113. The number of aryl methyl sites for hydroxylation is 1. The molecule has 0 saturated heterocycles. The second-order valence-corrected chi connectivity index (χ2v) is 7.43. The molecule has 1 amide bonds. The number of rotatable bonds is 6. The largest absolute Gasteiger partial charge is 0.335 e. The van der Waals surface area contributed by atoms with Gasteiger partial charge in [0.25, 0.3) is 0 Å². The lowest BCUT2D eigenvalue weighted by atomic mass is 10.1. The third kappa shape index (κ3) is 4.55. The number of hydrogen-bond donors (Lipinski definition) is 2.